The van der Waals surface area contributed by atoms with Crippen molar-refractivity contribution < 1.29 is 9.18 Å². The number of benzene rings is 1. The zero-order valence-electron chi connectivity index (χ0n) is 9.66. The third-order valence-electron chi connectivity index (χ3n) is 2.94. The van der Waals surface area contributed by atoms with Gasteiger partial charge in [0.1, 0.15) is 5.82 Å². The average molecular weight is 293 g/mol. The first-order valence-corrected chi connectivity index (χ1v) is 5.95. The zero-order chi connectivity index (χ0) is 12.4. The number of hydrogen-bond donors (Lipinski definition) is 2. The van der Waals surface area contributed by atoms with E-state index in [0.717, 1.165) is 12.8 Å². The summed E-state index contributed by atoms with van der Waals surface area (Å²) >= 11 is 5.62. The van der Waals surface area contributed by atoms with Crippen molar-refractivity contribution in [2.75, 3.05) is 6.54 Å². The smallest absolute Gasteiger partial charge is 0.251 e. The van der Waals surface area contributed by atoms with E-state index < -0.39 is 5.82 Å². The van der Waals surface area contributed by atoms with Gasteiger partial charge in [-0.15, -0.1) is 12.4 Å². The molecule has 18 heavy (non-hydrogen) atoms. The number of nitrogens with two attached hydrogens (primary N) is 1. The molecule has 1 aliphatic rings. The van der Waals surface area contributed by atoms with Gasteiger partial charge in [-0.2, -0.15) is 0 Å². The Morgan fingerprint density at radius 3 is 2.72 bits per heavy atom. The predicted molar refractivity (Wildman–Crippen MR) is 71.7 cm³/mol. The van der Waals surface area contributed by atoms with Crippen LogP contribution in [0, 0.1) is 11.7 Å². The molecule has 100 valence electrons. The van der Waals surface area contributed by atoms with Gasteiger partial charge in [0.05, 0.1) is 5.02 Å². The number of rotatable bonds is 4. The molecule has 1 aliphatic carbocycles. The molecule has 1 unspecified atom stereocenters. The van der Waals surface area contributed by atoms with Crippen molar-refractivity contribution >= 4 is 29.9 Å². The quantitative estimate of drug-likeness (QED) is 0.895. The van der Waals surface area contributed by atoms with Gasteiger partial charge >= 0.3 is 0 Å². The van der Waals surface area contributed by atoms with Crippen LogP contribution in [-0.2, 0) is 0 Å². The van der Waals surface area contributed by atoms with Crippen molar-refractivity contribution in [3.8, 4) is 0 Å². The Morgan fingerprint density at radius 1 is 1.56 bits per heavy atom. The molecule has 3 nitrogen and oxygen atoms in total. The van der Waals surface area contributed by atoms with Crippen molar-refractivity contribution in [2.45, 2.75) is 18.9 Å². The molecule has 1 amide bonds. The lowest BCUT2D eigenvalue weighted by Crippen LogP contribution is -2.41. The van der Waals surface area contributed by atoms with Crippen molar-refractivity contribution in [1.82, 2.24) is 5.32 Å². The lowest BCUT2D eigenvalue weighted by Gasteiger charge is -2.16. The maximum Gasteiger partial charge on any atom is 0.251 e. The van der Waals surface area contributed by atoms with Gasteiger partial charge in [-0.3, -0.25) is 4.79 Å². The average Bonchev–Trinajstić information content (AvgIpc) is 3.13. The summed E-state index contributed by atoms with van der Waals surface area (Å²) in [5.41, 5.74) is 5.95. The second-order valence-electron chi connectivity index (χ2n) is 4.28. The maximum atomic E-state index is 12.9. The number of nitrogens with one attached hydrogen (secondary N) is 1. The Morgan fingerprint density at radius 2 is 2.22 bits per heavy atom. The molecule has 0 radical (unpaired) electrons. The molecule has 1 fully saturated rings. The lowest BCUT2D eigenvalue weighted by molar-refractivity contribution is 0.0933. The van der Waals surface area contributed by atoms with Gasteiger partial charge in [-0.05, 0) is 37.0 Å². The van der Waals surface area contributed by atoms with Crippen LogP contribution in [0.2, 0.25) is 5.02 Å². The standard InChI is InChI=1S/C12H14ClFN2O.ClH/c13-9-5-8(3-4-10(9)14)12(17)16-11(6-15)7-1-2-7;/h3-5,7,11H,1-2,6,15H2,(H,16,17);1H. The van der Waals surface area contributed by atoms with Crippen molar-refractivity contribution in [2.24, 2.45) is 11.7 Å². The van der Waals surface area contributed by atoms with E-state index >= 15 is 0 Å². The number of carbonyl (C=O) groups is 1. The monoisotopic (exact) mass is 292 g/mol. The van der Waals surface area contributed by atoms with Gasteiger partial charge in [0.25, 0.3) is 5.91 Å². The Bertz CT molecular complexity index is 438. The Labute approximate surface area is 116 Å². The summed E-state index contributed by atoms with van der Waals surface area (Å²) in [5.74, 6) is -0.296. The SMILES string of the molecule is Cl.NCC(NC(=O)c1ccc(F)c(Cl)c1)C1CC1. The number of hydrogen-bond acceptors (Lipinski definition) is 2. The second kappa shape index (κ2) is 6.36. The van der Waals surface area contributed by atoms with Gasteiger partial charge in [0.15, 0.2) is 0 Å². The molecule has 1 saturated carbocycles. The maximum absolute atomic E-state index is 12.9. The van der Waals surface area contributed by atoms with Crippen LogP contribution in [0.3, 0.4) is 0 Å². The molecule has 0 bridgehead atoms. The molecule has 0 saturated heterocycles. The minimum absolute atomic E-state index is 0. The normalized spacial score (nSPS) is 15.7. The van der Waals surface area contributed by atoms with Gasteiger partial charge in [-0.1, -0.05) is 11.6 Å². The number of halogens is 3. The molecule has 1 aromatic rings. The van der Waals surface area contributed by atoms with E-state index in [0.29, 0.717) is 18.0 Å². The van der Waals surface area contributed by atoms with Crippen LogP contribution in [0.5, 0.6) is 0 Å². The third kappa shape index (κ3) is 3.57. The van der Waals surface area contributed by atoms with E-state index in [1.54, 1.807) is 0 Å². The molecule has 3 N–H and O–H groups in total. The zero-order valence-corrected chi connectivity index (χ0v) is 11.2. The van der Waals surface area contributed by atoms with Crippen LogP contribution in [-0.4, -0.2) is 18.5 Å². The summed E-state index contributed by atoms with van der Waals surface area (Å²) in [7, 11) is 0. The van der Waals surface area contributed by atoms with Crippen LogP contribution in [0.15, 0.2) is 18.2 Å². The van der Waals surface area contributed by atoms with Crippen molar-refractivity contribution in [3.63, 3.8) is 0 Å². The first kappa shape index (κ1) is 15.2. The predicted octanol–water partition coefficient (Wildman–Crippen LogP) is 2.37. The Balaban J connectivity index is 0.00000162. The fourth-order valence-electron chi connectivity index (χ4n) is 1.76. The molecule has 0 spiro atoms. The second-order valence-corrected chi connectivity index (χ2v) is 4.69. The summed E-state index contributed by atoms with van der Waals surface area (Å²) in [4.78, 5) is 11.9. The minimum Gasteiger partial charge on any atom is -0.348 e. The van der Waals surface area contributed by atoms with Crippen molar-refractivity contribution in [3.05, 3.63) is 34.6 Å². The highest BCUT2D eigenvalue weighted by molar-refractivity contribution is 6.31. The highest BCUT2D eigenvalue weighted by Gasteiger charge is 2.31. The molecular weight excluding hydrogens is 278 g/mol. The van der Waals surface area contributed by atoms with Gasteiger partial charge in [0.2, 0.25) is 0 Å². The third-order valence-corrected chi connectivity index (χ3v) is 3.23. The summed E-state index contributed by atoms with van der Waals surface area (Å²) in [6.45, 7) is 0.422. The van der Waals surface area contributed by atoms with Crippen LogP contribution < -0.4 is 11.1 Å². The Hall–Kier alpha value is -0.840. The summed E-state index contributed by atoms with van der Waals surface area (Å²) in [6.07, 6.45) is 2.21. The molecule has 0 heterocycles. The fourth-order valence-corrected chi connectivity index (χ4v) is 1.94. The van der Waals surface area contributed by atoms with Gasteiger partial charge in [-0.25, -0.2) is 4.39 Å². The summed E-state index contributed by atoms with van der Waals surface area (Å²) < 4.78 is 12.9. The highest BCUT2D eigenvalue weighted by Crippen LogP contribution is 2.32. The van der Waals surface area contributed by atoms with Crippen LogP contribution in [0.1, 0.15) is 23.2 Å². The minimum atomic E-state index is -0.527. The number of carbonyl (C=O) groups excluding carboxylic acids is 1. The number of amides is 1. The van der Waals surface area contributed by atoms with E-state index in [4.69, 9.17) is 17.3 Å². The molecule has 0 aliphatic heterocycles. The topological polar surface area (TPSA) is 55.1 Å². The Kier molecular flexibility index (Phi) is 5.38. The fraction of sp³-hybridized carbons (Fsp3) is 0.417. The summed E-state index contributed by atoms with van der Waals surface area (Å²) in [5, 5.41) is 2.80. The van der Waals surface area contributed by atoms with Gasteiger partial charge < -0.3 is 11.1 Å². The highest BCUT2D eigenvalue weighted by atomic mass is 35.5. The molecular formula is C12H15Cl2FN2O. The molecule has 1 atom stereocenters. The van der Waals surface area contributed by atoms with Crippen molar-refractivity contribution in [1.29, 1.82) is 0 Å². The van der Waals surface area contributed by atoms with E-state index in [2.05, 4.69) is 5.32 Å². The molecule has 1 aromatic carbocycles. The van der Waals surface area contributed by atoms with Crippen LogP contribution in [0.4, 0.5) is 4.39 Å². The molecule has 6 heteroatoms. The van der Waals surface area contributed by atoms with Gasteiger partial charge in [0, 0.05) is 18.2 Å². The van der Waals surface area contributed by atoms with Crippen LogP contribution >= 0.6 is 24.0 Å². The molecule has 2 rings (SSSR count). The van der Waals surface area contributed by atoms with E-state index in [9.17, 15) is 9.18 Å². The molecule has 0 aromatic heterocycles. The van der Waals surface area contributed by atoms with Crippen LogP contribution in [0.25, 0.3) is 0 Å². The van der Waals surface area contributed by atoms with E-state index in [1.807, 2.05) is 0 Å². The van der Waals surface area contributed by atoms with E-state index in [-0.39, 0.29) is 29.4 Å². The largest absolute Gasteiger partial charge is 0.348 e. The first-order valence-electron chi connectivity index (χ1n) is 5.58. The summed E-state index contributed by atoms with van der Waals surface area (Å²) in [6, 6.07) is 3.93. The first-order chi connectivity index (χ1) is 8.11. The van der Waals surface area contributed by atoms with E-state index in [1.165, 1.54) is 18.2 Å². The lowest BCUT2D eigenvalue weighted by atomic mass is 10.1.